The first-order valence-electron chi connectivity index (χ1n) is 8.52. The topological polar surface area (TPSA) is 50.2 Å². The summed E-state index contributed by atoms with van der Waals surface area (Å²) < 4.78 is 1.96. The summed E-state index contributed by atoms with van der Waals surface area (Å²) in [5.74, 6) is 0.990. The van der Waals surface area contributed by atoms with E-state index in [1.165, 1.54) is 6.42 Å². The summed E-state index contributed by atoms with van der Waals surface area (Å²) in [5.41, 5.74) is 0.576. The highest BCUT2D eigenvalue weighted by Crippen LogP contribution is 2.17. The SMILES string of the molecule is CC(C)CN(CC(C)C)C(=O)c1ccn(C2CCCNC2)n1.Cl. The Morgan fingerprint density at radius 1 is 1.35 bits per heavy atom. The second kappa shape index (κ2) is 9.28. The Bertz CT molecular complexity index is 471. The first-order chi connectivity index (χ1) is 10.5. The monoisotopic (exact) mass is 342 g/mol. The molecular weight excluding hydrogens is 312 g/mol. The predicted octanol–water partition coefficient (Wildman–Crippen LogP) is 2.98. The molecule has 0 aromatic carbocycles. The van der Waals surface area contributed by atoms with Crippen LogP contribution >= 0.6 is 12.4 Å². The van der Waals surface area contributed by atoms with Crippen molar-refractivity contribution >= 4 is 18.3 Å². The molecule has 132 valence electrons. The Morgan fingerprint density at radius 2 is 2.00 bits per heavy atom. The third-order valence-corrected chi connectivity index (χ3v) is 3.93. The number of rotatable bonds is 6. The number of hydrogen-bond acceptors (Lipinski definition) is 3. The molecule has 0 bridgehead atoms. The Labute approximate surface area is 146 Å². The van der Waals surface area contributed by atoms with Gasteiger partial charge in [-0.15, -0.1) is 12.4 Å². The van der Waals surface area contributed by atoms with Crippen LogP contribution in [-0.4, -0.2) is 46.8 Å². The fraction of sp³-hybridized carbons (Fsp3) is 0.765. The minimum Gasteiger partial charge on any atom is -0.337 e. The number of aromatic nitrogens is 2. The summed E-state index contributed by atoms with van der Waals surface area (Å²) in [6.45, 7) is 12.2. The van der Waals surface area contributed by atoms with Crippen LogP contribution in [0.25, 0.3) is 0 Å². The number of carbonyl (C=O) groups excluding carboxylic acids is 1. The van der Waals surface area contributed by atoms with Crippen LogP contribution in [0.4, 0.5) is 0 Å². The van der Waals surface area contributed by atoms with E-state index in [0.717, 1.165) is 32.6 Å². The van der Waals surface area contributed by atoms with Crippen molar-refractivity contribution in [3.63, 3.8) is 0 Å². The van der Waals surface area contributed by atoms with Gasteiger partial charge in [0.05, 0.1) is 6.04 Å². The Kier molecular flexibility index (Phi) is 8.06. The van der Waals surface area contributed by atoms with Crippen LogP contribution in [0.5, 0.6) is 0 Å². The number of amides is 1. The van der Waals surface area contributed by atoms with Gasteiger partial charge in [-0.25, -0.2) is 0 Å². The van der Waals surface area contributed by atoms with Crippen LogP contribution in [0.3, 0.4) is 0 Å². The molecular formula is C17H31ClN4O. The van der Waals surface area contributed by atoms with E-state index in [1.807, 2.05) is 21.8 Å². The van der Waals surface area contributed by atoms with E-state index in [2.05, 4.69) is 38.1 Å². The minimum atomic E-state index is 0. The quantitative estimate of drug-likeness (QED) is 0.864. The summed E-state index contributed by atoms with van der Waals surface area (Å²) in [4.78, 5) is 14.7. The molecule has 1 atom stereocenters. The number of piperidine rings is 1. The Balaban J connectivity index is 0.00000264. The van der Waals surface area contributed by atoms with Crippen LogP contribution < -0.4 is 5.32 Å². The number of hydrogen-bond donors (Lipinski definition) is 1. The molecule has 1 aromatic heterocycles. The van der Waals surface area contributed by atoms with Crippen LogP contribution in [0.1, 0.15) is 57.1 Å². The average Bonchev–Trinajstić information content (AvgIpc) is 2.95. The molecule has 2 rings (SSSR count). The van der Waals surface area contributed by atoms with E-state index in [4.69, 9.17) is 0 Å². The summed E-state index contributed by atoms with van der Waals surface area (Å²) in [7, 11) is 0. The summed E-state index contributed by atoms with van der Waals surface area (Å²) in [6, 6.07) is 2.24. The Morgan fingerprint density at radius 3 is 2.52 bits per heavy atom. The highest BCUT2D eigenvalue weighted by atomic mass is 35.5. The van der Waals surface area contributed by atoms with Crippen molar-refractivity contribution in [2.24, 2.45) is 11.8 Å². The zero-order chi connectivity index (χ0) is 16.1. The van der Waals surface area contributed by atoms with Crippen molar-refractivity contribution in [2.75, 3.05) is 26.2 Å². The van der Waals surface area contributed by atoms with Gasteiger partial charge < -0.3 is 10.2 Å². The zero-order valence-electron chi connectivity index (χ0n) is 14.8. The van der Waals surface area contributed by atoms with Crippen LogP contribution in [0.15, 0.2) is 12.3 Å². The largest absolute Gasteiger partial charge is 0.337 e. The molecule has 1 fully saturated rings. The molecule has 1 aliphatic rings. The van der Waals surface area contributed by atoms with Crippen molar-refractivity contribution in [3.8, 4) is 0 Å². The molecule has 1 N–H and O–H groups in total. The van der Waals surface area contributed by atoms with Gasteiger partial charge in [0.15, 0.2) is 0 Å². The lowest BCUT2D eigenvalue weighted by molar-refractivity contribution is 0.0707. The molecule has 2 heterocycles. The second-order valence-electron chi connectivity index (χ2n) is 7.18. The fourth-order valence-electron chi connectivity index (χ4n) is 3.00. The number of nitrogens with one attached hydrogen (secondary N) is 1. The molecule has 1 amide bonds. The Hall–Kier alpha value is -1.07. The molecule has 1 saturated heterocycles. The summed E-state index contributed by atoms with van der Waals surface area (Å²) in [6.07, 6.45) is 4.25. The van der Waals surface area contributed by atoms with E-state index < -0.39 is 0 Å². The summed E-state index contributed by atoms with van der Waals surface area (Å²) in [5, 5.41) is 7.95. The van der Waals surface area contributed by atoms with Gasteiger partial charge in [0, 0.05) is 25.8 Å². The maximum atomic E-state index is 12.7. The average molecular weight is 343 g/mol. The molecule has 1 aromatic rings. The van der Waals surface area contributed by atoms with Crippen molar-refractivity contribution in [3.05, 3.63) is 18.0 Å². The van der Waals surface area contributed by atoms with Gasteiger partial charge in [-0.2, -0.15) is 5.10 Å². The predicted molar refractivity (Wildman–Crippen MR) is 96.2 cm³/mol. The lowest BCUT2D eigenvalue weighted by atomic mass is 10.1. The van der Waals surface area contributed by atoms with Crippen molar-refractivity contribution in [1.82, 2.24) is 20.0 Å². The molecule has 1 unspecified atom stereocenters. The minimum absolute atomic E-state index is 0. The van der Waals surface area contributed by atoms with E-state index in [0.29, 0.717) is 23.6 Å². The van der Waals surface area contributed by atoms with Gasteiger partial charge in [-0.3, -0.25) is 9.48 Å². The molecule has 1 aliphatic heterocycles. The highest BCUT2D eigenvalue weighted by Gasteiger charge is 2.22. The fourth-order valence-corrected chi connectivity index (χ4v) is 3.00. The van der Waals surface area contributed by atoms with Crippen molar-refractivity contribution < 1.29 is 4.79 Å². The highest BCUT2D eigenvalue weighted by molar-refractivity contribution is 5.92. The van der Waals surface area contributed by atoms with Gasteiger partial charge in [-0.05, 0) is 37.3 Å². The molecule has 6 heteroatoms. The molecule has 23 heavy (non-hydrogen) atoms. The maximum absolute atomic E-state index is 12.7. The first-order valence-corrected chi connectivity index (χ1v) is 8.52. The molecule has 5 nitrogen and oxygen atoms in total. The molecule has 0 radical (unpaired) electrons. The van der Waals surface area contributed by atoms with E-state index in [9.17, 15) is 4.79 Å². The maximum Gasteiger partial charge on any atom is 0.274 e. The van der Waals surface area contributed by atoms with E-state index in [1.54, 1.807) is 0 Å². The number of carbonyl (C=O) groups is 1. The van der Waals surface area contributed by atoms with Crippen LogP contribution in [0.2, 0.25) is 0 Å². The van der Waals surface area contributed by atoms with Crippen molar-refractivity contribution in [2.45, 2.75) is 46.6 Å². The van der Waals surface area contributed by atoms with Gasteiger partial charge in [0.1, 0.15) is 5.69 Å². The lowest BCUT2D eigenvalue weighted by Gasteiger charge is -2.26. The van der Waals surface area contributed by atoms with Gasteiger partial charge in [0.25, 0.3) is 5.91 Å². The van der Waals surface area contributed by atoms with E-state index in [-0.39, 0.29) is 18.3 Å². The van der Waals surface area contributed by atoms with Gasteiger partial charge in [0.2, 0.25) is 0 Å². The van der Waals surface area contributed by atoms with Crippen LogP contribution in [-0.2, 0) is 0 Å². The third-order valence-electron chi connectivity index (χ3n) is 3.93. The number of halogens is 1. The van der Waals surface area contributed by atoms with E-state index >= 15 is 0 Å². The first kappa shape index (κ1) is 20.0. The second-order valence-corrected chi connectivity index (χ2v) is 7.18. The smallest absolute Gasteiger partial charge is 0.274 e. The normalized spacial score (nSPS) is 18.1. The summed E-state index contributed by atoms with van der Waals surface area (Å²) >= 11 is 0. The van der Waals surface area contributed by atoms with Gasteiger partial charge in [-0.1, -0.05) is 27.7 Å². The van der Waals surface area contributed by atoms with Crippen molar-refractivity contribution in [1.29, 1.82) is 0 Å². The third kappa shape index (κ3) is 5.81. The van der Waals surface area contributed by atoms with Crippen LogP contribution in [0, 0.1) is 11.8 Å². The lowest BCUT2D eigenvalue weighted by Crippen LogP contribution is -2.37. The molecule has 0 spiro atoms. The zero-order valence-corrected chi connectivity index (χ0v) is 15.6. The standard InChI is InChI=1S/C17H30N4O.ClH/c1-13(2)11-20(12-14(3)4)17(22)16-7-9-21(19-16)15-6-5-8-18-10-15;/h7,9,13-15,18H,5-6,8,10-12H2,1-4H3;1H. The number of nitrogens with zero attached hydrogens (tertiary/aromatic N) is 3. The molecule has 0 aliphatic carbocycles. The van der Waals surface area contributed by atoms with Gasteiger partial charge >= 0.3 is 0 Å². The molecule has 0 saturated carbocycles.